The molecular weight excluding hydrogens is 633 g/mol. The molecular formula is C48H30N4. The Kier molecular flexibility index (Phi) is 6.22. The normalized spacial score (nSPS) is 11.8. The van der Waals surface area contributed by atoms with E-state index in [4.69, 9.17) is 9.97 Å². The molecule has 0 saturated heterocycles. The fourth-order valence-electron chi connectivity index (χ4n) is 8.10. The van der Waals surface area contributed by atoms with E-state index in [1.165, 1.54) is 43.4 Å². The van der Waals surface area contributed by atoms with Gasteiger partial charge in [0.05, 0.1) is 33.1 Å². The first kappa shape index (κ1) is 28.8. The molecule has 52 heavy (non-hydrogen) atoms. The maximum atomic E-state index is 5.47. The summed E-state index contributed by atoms with van der Waals surface area (Å²) < 4.78 is 4.81. The second kappa shape index (κ2) is 11.2. The van der Waals surface area contributed by atoms with Crippen LogP contribution in [0.5, 0.6) is 0 Å². The average Bonchev–Trinajstić information content (AvgIpc) is 3.74. The first-order valence-electron chi connectivity index (χ1n) is 17.7. The van der Waals surface area contributed by atoms with Crippen LogP contribution in [0, 0.1) is 0 Å². The number of aromatic nitrogens is 4. The van der Waals surface area contributed by atoms with E-state index in [2.05, 4.69) is 179 Å². The number of para-hydroxylation sites is 4. The molecule has 8 aromatic carbocycles. The van der Waals surface area contributed by atoms with Gasteiger partial charge in [0.1, 0.15) is 5.69 Å². The number of fused-ring (bicyclic) bond motifs is 9. The molecule has 0 bridgehead atoms. The van der Waals surface area contributed by atoms with E-state index in [-0.39, 0.29) is 0 Å². The van der Waals surface area contributed by atoms with Crippen LogP contribution in [0.4, 0.5) is 0 Å². The van der Waals surface area contributed by atoms with Gasteiger partial charge in [0, 0.05) is 32.8 Å². The van der Waals surface area contributed by atoms with Crippen LogP contribution >= 0.6 is 0 Å². The maximum absolute atomic E-state index is 5.47. The molecule has 0 N–H and O–H groups in total. The van der Waals surface area contributed by atoms with Crippen LogP contribution in [0.2, 0.25) is 0 Å². The topological polar surface area (TPSA) is 35.6 Å². The summed E-state index contributed by atoms with van der Waals surface area (Å²) in [4.78, 5) is 10.8. The Hall–Kier alpha value is -7.04. The quantitative estimate of drug-likeness (QED) is 0.188. The second-order valence-corrected chi connectivity index (χ2v) is 13.4. The van der Waals surface area contributed by atoms with Gasteiger partial charge in [-0.3, -0.25) is 4.57 Å². The lowest BCUT2D eigenvalue weighted by Crippen LogP contribution is -2.05. The first-order chi connectivity index (χ1) is 25.8. The molecule has 242 valence electrons. The van der Waals surface area contributed by atoms with Gasteiger partial charge in [-0.2, -0.15) is 0 Å². The van der Waals surface area contributed by atoms with Gasteiger partial charge in [-0.1, -0.05) is 146 Å². The van der Waals surface area contributed by atoms with Gasteiger partial charge >= 0.3 is 0 Å². The van der Waals surface area contributed by atoms with E-state index in [1.807, 2.05) is 12.1 Å². The van der Waals surface area contributed by atoms with Crippen molar-refractivity contribution < 1.29 is 0 Å². The lowest BCUT2D eigenvalue weighted by molar-refractivity contribution is 1.08. The third-order valence-electron chi connectivity index (χ3n) is 10.5. The SMILES string of the molecule is c1ccc(-c2ccc(-c3nc4ccccc4nc3-n3c4ccccc4c4ccc5c6ccccc6n(-c6ccc7ccccc7c6)c5c43)cc2)cc1. The molecule has 0 saturated carbocycles. The molecule has 0 unspecified atom stereocenters. The van der Waals surface area contributed by atoms with Crippen molar-refractivity contribution in [1.82, 2.24) is 19.1 Å². The van der Waals surface area contributed by atoms with Crippen LogP contribution in [0.3, 0.4) is 0 Å². The van der Waals surface area contributed by atoms with Gasteiger partial charge in [-0.25, -0.2) is 9.97 Å². The van der Waals surface area contributed by atoms with Crippen molar-refractivity contribution in [3.05, 3.63) is 182 Å². The molecule has 4 nitrogen and oxygen atoms in total. The van der Waals surface area contributed by atoms with Gasteiger partial charge in [0.2, 0.25) is 0 Å². The molecule has 0 aliphatic rings. The van der Waals surface area contributed by atoms with Gasteiger partial charge in [-0.15, -0.1) is 0 Å². The van der Waals surface area contributed by atoms with Crippen LogP contribution < -0.4 is 0 Å². The zero-order valence-corrected chi connectivity index (χ0v) is 28.1. The predicted octanol–water partition coefficient (Wildman–Crippen LogP) is 12.3. The summed E-state index contributed by atoms with van der Waals surface area (Å²) in [5, 5.41) is 7.19. The number of nitrogens with zero attached hydrogens (tertiary/aromatic N) is 4. The average molecular weight is 663 g/mol. The van der Waals surface area contributed by atoms with Crippen LogP contribution in [0.25, 0.3) is 99.3 Å². The van der Waals surface area contributed by atoms with E-state index >= 15 is 0 Å². The minimum Gasteiger partial charge on any atom is -0.307 e. The van der Waals surface area contributed by atoms with Crippen molar-refractivity contribution in [2.75, 3.05) is 0 Å². The third kappa shape index (κ3) is 4.28. The molecule has 4 heteroatoms. The highest BCUT2D eigenvalue weighted by Gasteiger charge is 2.24. The molecule has 11 rings (SSSR count). The van der Waals surface area contributed by atoms with Crippen LogP contribution in [-0.4, -0.2) is 19.1 Å². The molecule has 0 radical (unpaired) electrons. The van der Waals surface area contributed by atoms with Crippen molar-refractivity contribution >= 4 is 65.4 Å². The van der Waals surface area contributed by atoms with Crippen molar-refractivity contribution in [1.29, 1.82) is 0 Å². The number of hydrogen-bond donors (Lipinski definition) is 0. The highest BCUT2D eigenvalue weighted by molar-refractivity contribution is 6.24. The van der Waals surface area contributed by atoms with E-state index in [0.717, 1.165) is 55.9 Å². The van der Waals surface area contributed by atoms with E-state index in [9.17, 15) is 0 Å². The Bertz CT molecular complexity index is 3170. The molecule has 3 aromatic heterocycles. The highest BCUT2D eigenvalue weighted by atomic mass is 15.1. The van der Waals surface area contributed by atoms with Crippen molar-refractivity contribution in [2.24, 2.45) is 0 Å². The molecule has 0 fully saturated rings. The fourth-order valence-corrected chi connectivity index (χ4v) is 8.10. The molecule has 0 aliphatic heterocycles. The summed E-state index contributed by atoms with van der Waals surface area (Å²) in [5.41, 5.74) is 11.6. The van der Waals surface area contributed by atoms with Crippen molar-refractivity contribution in [2.45, 2.75) is 0 Å². The van der Waals surface area contributed by atoms with Crippen molar-refractivity contribution in [3.63, 3.8) is 0 Å². The van der Waals surface area contributed by atoms with Crippen LogP contribution in [0.15, 0.2) is 182 Å². The maximum Gasteiger partial charge on any atom is 0.165 e. The lowest BCUT2D eigenvalue weighted by atomic mass is 10.0. The van der Waals surface area contributed by atoms with Gasteiger partial charge in [0.15, 0.2) is 5.82 Å². The summed E-state index contributed by atoms with van der Waals surface area (Å²) in [7, 11) is 0. The lowest BCUT2D eigenvalue weighted by Gasteiger charge is -2.16. The van der Waals surface area contributed by atoms with E-state index < -0.39 is 0 Å². The minimum atomic E-state index is 0.806. The Morgan fingerprint density at radius 2 is 0.885 bits per heavy atom. The molecule has 3 heterocycles. The summed E-state index contributed by atoms with van der Waals surface area (Å²) in [6, 6.07) is 64.8. The Labute approximate surface area is 299 Å². The highest BCUT2D eigenvalue weighted by Crippen LogP contribution is 2.43. The predicted molar refractivity (Wildman–Crippen MR) is 217 cm³/mol. The van der Waals surface area contributed by atoms with Gasteiger partial charge in [0.25, 0.3) is 0 Å². The Morgan fingerprint density at radius 3 is 1.62 bits per heavy atom. The van der Waals surface area contributed by atoms with E-state index in [1.54, 1.807) is 0 Å². The molecule has 0 amide bonds. The van der Waals surface area contributed by atoms with Crippen LogP contribution in [0.1, 0.15) is 0 Å². The van der Waals surface area contributed by atoms with E-state index in [0.29, 0.717) is 0 Å². The number of rotatable bonds is 4. The standard InChI is InChI=1S/C48H30N4/c1-2-12-31(13-3-1)33-22-24-34(25-23-33)45-48(50-42-19-9-8-18-41(42)49-45)52-44-21-11-7-17-38(44)40-29-28-39-37-16-6-10-20-43(37)51(46(39)47(40)52)36-27-26-32-14-4-5-15-35(32)30-36/h1-30H. The summed E-state index contributed by atoms with van der Waals surface area (Å²) in [6.07, 6.45) is 0. The molecule has 0 aliphatic carbocycles. The minimum absolute atomic E-state index is 0.806. The monoisotopic (exact) mass is 662 g/mol. The van der Waals surface area contributed by atoms with Gasteiger partial charge in [-0.05, 0) is 58.3 Å². The summed E-state index contributed by atoms with van der Waals surface area (Å²) in [5.74, 6) is 0.806. The van der Waals surface area contributed by atoms with Crippen LogP contribution in [-0.2, 0) is 0 Å². The fraction of sp³-hybridized carbons (Fsp3) is 0. The Morgan fingerprint density at radius 1 is 0.346 bits per heavy atom. The van der Waals surface area contributed by atoms with Gasteiger partial charge < -0.3 is 4.57 Å². The second-order valence-electron chi connectivity index (χ2n) is 13.4. The zero-order chi connectivity index (χ0) is 34.2. The first-order valence-corrected chi connectivity index (χ1v) is 17.7. The summed E-state index contributed by atoms with van der Waals surface area (Å²) in [6.45, 7) is 0. The molecule has 0 atom stereocenters. The third-order valence-corrected chi connectivity index (χ3v) is 10.5. The largest absolute Gasteiger partial charge is 0.307 e. The number of hydrogen-bond acceptors (Lipinski definition) is 2. The summed E-state index contributed by atoms with van der Waals surface area (Å²) >= 11 is 0. The zero-order valence-electron chi connectivity index (χ0n) is 28.1. The Balaban J connectivity index is 1.28. The molecule has 11 aromatic rings. The molecule has 0 spiro atoms. The number of benzene rings is 8. The smallest absolute Gasteiger partial charge is 0.165 e. The van der Waals surface area contributed by atoms with Crippen molar-refractivity contribution in [3.8, 4) is 33.9 Å².